The highest BCUT2D eigenvalue weighted by molar-refractivity contribution is 7.85. The first-order valence-corrected chi connectivity index (χ1v) is 9.25. The van der Waals surface area contributed by atoms with E-state index in [4.69, 9.17) is 11.6 Å². The molecule has 4 unspecified atom stereocenters. The average molecular weight is 328 g/mol. The highest BCUT2D eigenvalue weighted by Crippen LogP contribution is 2.40. The minimum Gasteiger partial charge on any atom is -0.316 e. The maximum absolute atomic E-state index is 13.0. The van der Waals surface area contributed by atoms with Crippen LogP contribution in [0.3, 0.4) is 0 Å². The zero-order chi connectivity index (χ0) is 15.6. The normalized spacial score (nSPS) is 28.3. The summed E-state index contributed by atoms with van der Waals surface area (Å²) < 4.78 is 13.0. The Bertz CT molecular complexity index is 512. The SMILES string of the molecule is CNC1CCC(C(C)(C)C)CC1S(=O)c1cccc(Cl)c1. The summed E-state index contributed by atoms with van der Waals surface area (Å²) in [6, 6.07) is 7.80. The summed E-state index contributed by atoms with van der Waals surface area (Å²) in [7, 11) is 0.964. The summed E-state index contributed by atoms with van der Waals surface area (Å²) in [5.74, 6) is 0.621. The number of hydrogen-bond acceptors (Lipinski definition) is 2. The second-order valence-electron chi connectivity index (χ2n) is 7.06. The second kappa shape index (κ2) is 6.80. The van der Waals surface area contributed by atoms with Gasteiger partial charge in [0.2, 0.25) is 0 Å². The molecule has 1 aromatic rings. The van der Waals surface area contributed by atoms with Gasteiger partial charge >= 0.3 is 0 Å². The molecule has 21 heavy (non-hydrogen) atoms. The molecule has 1 aromatic carbocycles. The zero-order valence-electron chi connectivity index (χ0n) is 13.4. The number of nitrogens with one attached hydrogen (secondary N) is 1. The van der Waals surface area contributed by atoms with Crippen LogP contribution in [0.5, 0.6) is 0 Å². The summed E-state index contributed by atoms with van der Waals surface area (Å²) in [4.78, 5) is 0.849. The van der Waals surface area contributed by atoms with Crippen molar-refractivity contribution in [3.8, 4) is 0 Å². The Labute approximate surface area is 136 Å². The molecule has 0 aliphatic heterocycles. The van der Waals surface area contributed by atoms with E-state index in [1.54, 1.807) is 0 Å². The van der Waals surface area contributed by atoms with Crippen molar-refractivity contribution in [2.75, 3.05) is 7.05 Å². The highest BCUT2D eigenvalue weighted by Gasteiger charge is 2.38. The first-order chi connectivity index (χ1) is 9.82. The van der Waals surface area contributed by atoms with E-state index in [0.29, 0.717) is 17.0 Å². The fraction of sp³-hybridized carbons (Fsp3) is 0.647. The van der Waals surface area contributed by atoms with Gasteiger partial charge in [-0.05, 0) is 55.8 Å². The van der Waals surface area contributed by atoms with Gasteiger partial charge in [0.15, 0.2) is 0 Å². The molecule has 1 N–H and O–H groups in total. The third-order valence-electron chi connectivity index (χ3n) is 4.69. The van der Waals surface area contributed by atoms with Gasteiger partial charge in [-0.15, -0.1) is 0 Å². The Kier molecular flexibility index (Phi) is 5.50. The molecule has 0 bridgehead atoms. The molecule has 118 valence electrons. The van der Waals surface area contributed by atoms with Crippen LogP contribution in [0.2, 0.25) is 5.02 Å². The molecule has 0 saturated heterocycles. The van der Waals surface area contributed by atoms with Gasteiger partial charge in [-0.1, -0.05) is 38.4 Å². The van der Waals surface area contributed by atoms with Crippen LogP contribution < -0.4 is 5.32 Å². The average Bonchev–Trinajstić information content (AvgIpc) is 2.44. The molecule has 0 spiro atoms. The molecule has 1 fully saturated rings. The first kappa shape index (κ1) is 17.0. The van der Waals surface area contributed by atoms with E-state index in [0.717, 1.165) is 17.7 Å². The molecule has 1 aliphatic carbocycles. The van der Waals surface area contributed by atoms with Crippen molar-refractivity contribution in [2.45, 2.75) is 56.2 Å². The molecule has 0 amide bonds. The lowest BCUT2D eigenvalue weighted by Gasteiger charge is -2.41. The van der Waals surface area contributed by atoms with E-state index in [-0.39, 0.29) is 10.7 Å². The molecule has 4 atom stereocenters. The topological polar surface area (TPSA) is 29.1 Å². The number of rotatable bonds is 3. The Morgan fingerprint density at radius 1 is 1.29 bits per heavy atom. The summed E-state index contributed by atoms with van der Waals surface area (Å²) in [5, 5.41) is 4.18. The fourth-order valence-electron chi connectivity index (χ4n) is 3.25. The van der Waals surface area contributed by atoms with E-state index < -0.39 is 10.8 Å². The van der Waals surface area contributed by atoms with Crippen LogP contribution in [0.4, 0.5) is 0 Å². The van der Waals surface area contributed by atoms with Crippen LogP contribution in [0.15, 0.2) is 29.2 Å². The molecule has 0 heterocycles. The molecule has 1 saturated carbocycles. The molecule has 4 heteroatoms. The van der Waals surface area contributed by atoms with Crippen molar-refractivity contribution in [3.63, 3.8) is 0 Å². The summed E-state index contributed by atoms with van der Waals surface area (Å²) in [6.07, 6.45) is 3.31. The minimum absolute atomic E-state index is 0.159. The lowest BCUT2D eigenvalue weighted by Crippen LogP contribution is -2.46. The zero-order valence-corrected chi connectivity index (χ0v) is 14.9. The lowest BCUT2D eigenvalue weighted by atomic mass is 9.71. The van der Waals surface area contributed by atoms with Crippen LogP contribution in [0.25, 0.3) is 0 Å². The van der Waals surface area contributed by atoms with Crippen LogP contribution in [-0.4, -0.2) is 22.5 Å². The fourth-order valence-corrected chi connectivity index (χ4v) is 5.29. The monoisotopic (exact) mass is 327 g/mol. The minimum atomic E-state index is -1.01. The van der Waals surface area contributed by atoms with Crippen LogP contribution in [0, 0.1) is 11.3 Å². The summed E-state index contributed by atoms with van der Waals surface area (Å²) in [6.45, 7) is 6.87. The predicted molar refractivity (Wildman–Crippen MR) is 91.3 cm³/mol. The molecular formula is C17H26ClNOS. The number of hydrogen-bond donors (Lipinski definition) is 1. The van der Waals surface area contributed by atoms with Gasteiger partial charge in [0.05, 0.1) is 16.0 Å². The van der Waals surface area contributed by atoms with Crippen molar-refractivity contribution >= 4 is 22.4 Å². The van der Waals surface area contributed by atoms with Gasteiger partial charge < -0.3 is 5.32 Å². The van der Waals surface area contributed by atoms with E-state index in [2.05, 4.69) is 26.1 Å². The third kappa shape index (κ3) is 4.08. The number of halogens is 1. The Hall–Kier alpha value is -0.380. The molecule has 2 rings (SSSR count). The van der Waals surface area contributed by atoms with E-state index in [1.165, 1.54) is 6.42 Å². The van der Waals surface area contributed by atoms with Crippen molar-refractivity contribution in [3.05, 3.63) is 29.3 Å². The van der Waals surface area contributed by atoms with Gasteiger partial charge in [0.25, 0.3) is 0 Å². The van der Waals surface area contributed by atoms with E-state index in [9.17, 15) is 4.21 Å². The van der Waals surface area contributed by atoms with Crippen LogP contribution >= 0.6 is 11.6 Å². The summed E-state index contributed by atoms with van der Waals surface area (Å²) in [5.41, 5.74) is 0.273. The van der Waals surface area contributed by atoms with Crippen LogP contribution in [-0.2, 0) is 10.8 Å². The molecule has 0 radical (unpaired) electrons. The maximum Gasteiger partial charge on any atom is 0.0577 e. The lowest BCUT2D eigenvalue weighted by molar-refractivity contribution is 0.166. The highest BCUT2D eigenvalue weighted by atomic mass is 35.5. The smallest absolute Gasteiger partial charge is 0.0577 e. The Morgan fingerprint density at radius 2 is 2.00 bits per heavy atom. The standard InChI is InChI=1S/C17H26ClNOS/c1-17(2,3)12-8-9-15(19-4)16(10-12)21(20)14-7-5-6-13(18)11-14/h5-7,11-12,15-16,19H,8-10H2,1-4H3. The Morgan fingerprint density at radius 3 is 2.57 bits per heavy atom. The first-order valence-electron chi connectivity index (χ1n) is 7.66. The molecule has 0 aromatic heterocycles. The molecular weight excluding hydrogens is 302 g/mol. The van der Waals surface area contributed by atoms with Gasteiger partial charge in [0, 0.05) is 16.0 Å². The van der Waals surface area contributed by atoms with Crippen LogP contribution in [0.1, 0.15) is 40.0 Å². The second-order valence-corrected chi connectivity index (χ2v) is 9.17. The third-order valence-corrected chi connectivity index (χ3v) is 6.72. The Balaban J connectivity index is 2.23. The van der Waals surface area contributed by atoms with E-state index in [1.807, 2.05) is 31.3 Å². The molecule has 2 nitrogen and oxygen atoms in total. The van der Waals surface area contributed by atoms with Crippen molar-refractivity contribution in [2.24, 2.45) is 11.3 Å². The van der Waals surface area contributed by atoms with Gasteiger partial charge in [0.1, 0.15) is 0 Å². The maximum atomic E-state index is 13.0. The van der Waals surface area contributed by atoms with Gasteiger partial charge in [-0.2, -0.15) is 0 Å². The van der Waals surface area contributed by atoms with Crippen molar-refractivity contribution < 1.29 is 4.21 Å². The van der Waals surface area contributed by atoms with Crippen molar-refractivity contribution in [1.29, 1.82) is 0 Å². The largest absolute Gasteiger partial charge is 0.316 e. The van der Waals surface area contributed by atoms with Gasteiger partial charge in [-0.25, -0.2) is 0 Å². The summed E-state index contributed by atoms with van der Waals surface area (Å²) >= 11 is 6.05. The predicted octanol–water partition coefficient (Wildman–Crippen LogP) is 4.25. The van der Waals surface area contributed by atoms with Gasteiger partial charge in [-0.3, -0.25) is 4.21 Å². The van der Waals surface area contributed by atoms with E-state index >= 15 is 0 Å². The van der Waals surface area contributed by atoms with Crippen molar-refractivity contribution in [1.82, 2.24) is 5.32 Å². The quantitative estimate of drug-likeness (QED) is 0.899. The number of benzene rings is 1. The molecule has 1 aliphatic rings.